The van der Waals surface area contributed by atoms with Crippen molar-refractivity contribution >= 4 is 22.8 Å². The Morgan fingerprint density at radius 2 is 1.92 bits per heavy atom. The molecule has 0 bridgehead atoms. The summed E-state index contributed by atoms with van der Waals surface area (Å²) in [6.45, 7) is 3.04. The summed E-state index contributed by atoms with van der Waals surface area (Å²) in [4.78, 5) is 35.3. The minimum Gasteiger partial charge on any atom is -0.365 e. The number of rotatable bonds is 6. The second-order valence-electron chi connectivity index (χ2n) is 9.89. The predicted octanol–water partition coefficient (Wildman–Crippen LogP) is 3.37. The Bertz CT molecular complexity index is 1400. The van der Waals surface area contributed by atoms with Crippen molar-refractivity contribution in [2.45, 2.75) is 44.3 Å². The van der Waals surface area contributed by atoms with Crippen LogP contribution in [-0.2, 0) is 24.1 Å². The zero-order valence-corrected chi connectivity index (χ0v) is 20.7. The van der Waals surface area contributed by atoms with Crippen molar-refractivity contribution in [2.24, 2.45) is 7.05 Å². The van der Waals surface area contributed by atoms with E-state index in [-0.39, 0.29) is 48.1 Å². The van der Waals surface area contributed by atoms with Gasteiger partial charge in [0.05, 0.1) is 5.39 Å². The molecule has 8 nitrogen and oxygen atoms in total. The number of piperidine rings is 1. The van der Waals surface area contributed by atoms with E-state index in [9.17, 15) is 18.4 Å². The molecule has 1 aromatic carbocycles. The minimum absolute atomic E-state index is 0.00568. The van der Waals surface area contributed by atoms with Crippen LogP contribution in [0.1, 0.15) is 54.4 Å². The van der Waals surface area contributed by atoms with Gasteiger partial charge in [0.1, 0.15) is 17.8 Å². The molecule has 0 aliphatic carbocycles. The third-order valence-electron chi connectivity index (χ3n) is 7.47. The van der Waals surface area contributed by atoms with Crippen LogP contribution in [0.5, 0.6) is 0 Å². The van der Waals surface area contributed by atoms with Gasteiger partial charge in [-0.2, -0.15) is 0 Å². The lowest BCUT2D eigenvalue weighted by molar-refractivity contribution is -0.129. The molecule has 0 spiro atoms. The highest BCUT2D eigenvalue weighted by Crippen LogP contribution is 2.34. The Kier molecular flexibility index (Phi) is 6.65. The number of nitrogens with zero attached hydrogens (tertiary/aromatic N) is 4. The lowest BCUT2D eigenvalue weighted by Crippen LogP contribution is -2.53. The van der Waals surface area contributed by atoms with Crippen LogP contribution >= 0.6 is 0 Å². The number of amides is 1. The molecule has 2 aliphatic heterocycles. The molecule has 2 saturated heterocycles. The number of halogens is 3. The zero-order chi connectivity index (χ0) is 26.3. The first-order chi connectivity index (χ1) is 17.7. The molecule has 5 rings (SSSR count). The first-order valence-corrected chi connectivity index (χ1v) is 12.3. The average molecular weight is 515 g/mol. The number of carbonyl (C=O) groups is 1. The Hall–Kier alpha value is -3.47. The summed E-state index contributed by atoms with van der Waals surface area (Å²) in [5.41, 5.74) is -0.220. The summed E-state index contributed by atoms with van der Waals surface area (Å²) in [6, 6.07) is 6.00. The molecule has 37 heavy (non-hydrogen) atoms. The van der Waals surface area contributed by atoms with Crippen LogP contribution in [0, 0.1) is 0 Å². The second kappa shape index (κ2) is 9.77. The molecule has 0 unspecified atom stereocenters. The maximum absolute atomic E-state index is 15.0. The smallest absolute Gasteiger partial charge is 0.263 e. The summed E-state index contributed by atoms with van der Waals surface area (Å²) in [6.07, 6.45) is -0.0199. The van der Waals surface area contributed by atoms with Crippen molar-refractivity contribution in [1.29, 1.82) is 0 Å². The van der Waals surface area contributed by atoms with Gasteiger partial charge in [-0.05, 0) is 48.1 Å². The van der Waals surface area contributed by atoms with Gasteiger partial charge in [-0.25, -0.2) is 23.1 Å². The molecule has 0 radical (unpaired) electrons. The van der Waals surface area contributed by atoms with Gasteiger partial charge in [-0.3, -0.25) is 14.2 Å². The fourth-order valence-electron chi connectivity index (χ4n) is 5.17. The van der Waals surface area contributed by atoms with E-state index in [0.29, 0.717) is 53.9 Å². The molecular formula is C26H29F3N6O2. The van der Waals surface area contributed by atoms with Crippen LogP contribution in [0.25, 0.3) is 11.0 Å². The highest BCUT2D eigenvalue weighted by molar-refractivity contribution is 5.87. The fraction of sp³-hybridized carbons (Fsp3) is 0.462. The van der Waals surface area contributed by atoms with Crippen LogP contribution in [0.2, 0.25) is 0 Å². The molecule has 2 N–H and O–H groups in total. The zero-order valence-electron chi connectivity index (χ0n) is 20.7. The van der Waals surface area contributed by atoms with Crippen molar-refractivity contribution in [3.8, 4) is 0 Å². The molecule has 0 atom stereocenters. The average Bonchev–Trinajstić information content (AvgIpc) is 2.88. The maximum atomic E-state index is 15.0. The Labute approximate surface area is 211 Å². The van der Waals surface area contributed by atoms with E-state index in [0.717, 1.165) is 0 Å². The summed E-state index contributed by atoms with van der Waals surface area (Å²) >= 11 is 0. The largest absolute Gasteiger partial charge is 0.365 e. The van der Waals surface area contributed by atoms with Crippen LogP contribution in [0.4, 0.5) is 19.0 Å². The third kappa shape index (κ3) is 4.79. The monoisotopic (exact) mass is 514 g/mol. The molecule has 4 heterocycles. The number of hydrogen-bond donors (Lipinski definition) is 2. The molecular weight excluding hydrogens is 485 g/mol. The molecule has 0 saturated carbocycles. The van der Waals surface area contributed by atoms with E-state index in [1.165, 1.54) is 23.0 Å². The molecule has 196 valence electrons. The molecule has 2 aromatic heterocycles. The van der Waals surface area contributed by atoms with Crippen LogP contribution in [0.15, 0.2) is 35.4 Å². The Morgan fingerprint density at radius 3 is 2.54 bits per heavy atom. The number of pyridine rings is 1. The van der Waals surface area contributed by atoms with Crippen molar-refractivity contribution < 1.29 is 18.0 Å². The number of likely N-dealkylation sites (tertiary alicyclic amines) is 1. The number of hydrogen-bond acceptors (Lipinski definition) is 6. The first-order valence-electron chi connectivity index (χ1n) is 12.3. The Morgan fingerprint density at radius 1 is 1.19 bits per heavy atom. The number of benzene rings is 1. The van der Waals surface area contributed by atoms with Gasteiger partial charge in [-0.1, -0.05) is 6.07 Å². The van der Waals surface area contributed by atoms with E-state index in [2.05, 4.69) is 20.6 Å². The number of aromatic nitrogens is 3. The fourth-order valence-corrected chi connectivity index (χ4v) is 5.17. The molecule has 11 heteroatoms. The number of carbonyl (C=O) groups excluding carboxylic acids is 1. The molecule has 3 aromatic rings. The highest BCUT2D eigenvalue weighted by Gasteiger charge is 2.39. The van der Waals surface area contributed by atoms with Gasteiger partial charge < -0.3 is 15.5 Å². The second-order valence-corrected chi connectivity index (χ2v) is 9.89. The number of anilines is 1. The third-order valence-corrected chi connectivity index (χ3v) is 7.47. The van der Waals surface area contributed by atoms with E-state index in [1.54, 1.807) is 31.0 Å². The lowest BCUT2D eigenvalue weighted by Gasteiger charge is -2.36. The van der Waals surface area contributed by atoms with E-state index < -0.39 is 12.1 Å². The number of aryl methyl sites for hydroxylation is 1. The Balaban J connectivity index is 1.45. The normalized spacial score (nSPS) is 17.7. The lowest BCUT2D eigenvalue weighted by atomic mass is 9.88. The quantitative estimate of drug-likeness (QED) is 0.524. The minimum atomic E-state index is -2.72. The van der Waals surface area contributed by atoms with Gasteiger partial charge in [0.25, 0.3) is 12.0 Å². The van der Waals surface area contributed by atoms with Crippen LogP contribution < -0.4 is 16.2 Å². The predicted molar refractivity (Wildman–Crippen MR) is 133 cm³/mol. The molecule has 1 amide bonds. The summed E-state index contributed by atoms with van der Waals surface area (Å²) in [7, 11) is 1.65. The highest BCUT2D eigenvalue weighted by atomic mass is 19.3. The van der Waals surface area contributed by atoms with E-state index in [1.807, 2.05) is 0 Å². The first kappa shape index (κ1) is 25.2. The maximum Gasteiger partial charge on any atom is 0.263 e. The van der Waals surface area contributed by atoms with E-state index in [4.69, 9.17) is 0 Å². The van der Waals surface area contributed by atoms with Gasteiger partial charge in [0.15, 0.2) is 5.67 Å². The summed E-state index contributed by atoms with van der Waals surface area (Å²) in [5, 5.41) is 6.66. The number of alkyl halides is 3. The van der Waals surface area contributed by atoms with Gasteiger partial charge in [0.2, 0.25) is 5.91 Å². The van der Waals surface area contributed by atoms with Crippen molar-refractivity contribution in [3.63, 3.8) is 0 Å². The number of nitrogens with one attached hydrogen (secondary N) is 2. The van der Waals surface area contributed by atoms with Crippen molar-refractivity contribution in [3.05, 3.63) is 63.2 Å². The van der Waals surface area contributed by atoms with Crippen LogP contribution in [-0.4, -0.2) is 51.5 Å². The summed E-state index contributed by atoms with van der Waals surface area (Å²) in [5.74, 6) is 0.470. The SMILES string of the molecule is CC(=O)N1CCC(c2cc3c(NCc4cc(C(F)F)cc(C5(F)CNC5)c4)ncnc3n(C)c2=O)CC1. The number of fused-ring (bicyclic) bond motifs is 1. The standard InChI is InChI=1S/C26H29F3N6O2/c1-15(36)35-5-3-17(4-6-35)20-10-21-23(32-14-33-24(21)34(2)25(20)37)31-11-16-7-18(22(27)28)9-19(8-16)26(29)12-30-13-26/h7-10,14,17,22,30H,3-6,11-13H2,1-2H3,(H,31,32,33). The van der Waals surface area contributed by atoms with Gasteiger partial charge >= 0.3 is 0 Å². The molecule has 2 aliphatic rings. The van der Waals surface area contributed by atoms with Gasteiger partial charge in [-0.15, -0.1) is 0 Å². The van der Waals surface area contributed by atoms with Crippen molar-refractivity contribution in [1.82, 2.24) is 24.8 Å². The van der Waals surface area contributed by atoms with Crippen molar-refractivity contribution in [2.75, 3.05) is 31.5 Å². The topological polar surface area (TPSA) is 92.2 Å². The summed E-state index contributed by atoms with van der Waals surface area (Å²) < 4.78 is 43.6. The van der Waals surface area contributed by atoms with E-state index >= 15 is 4.39 Å². The van der Waals surface area contributed by atoms with Gasteiger partial charge in [0, 0.05) is 57.8 Å². The molecule has 2 fully saturated rings. The van der Waals surface area contributed by atoms with Crippen LogP contribution in [0.3, 0.4) is 0 Å².